The lowest BCUT2D eigenvalue weighted by Gasteiger charge is -2.16. The van der Waals surface area contributed by atoms with Crippen molar-refractivity contribution in [2.45, 2.75) is 33.8 Å². The molecule has 0 amide bonds. The highest BCUT2D eigenvalue weighted by Gasteiger charge is 2.18. The van der Waals surface area contributed by atoms with E-state index in [9.17, 15) is 9.59 Å². The molecule has 1 atom stereocenters. The Morgan fingerprint density at radius 2 is 2.05 bits per heavy atom. The van der Waals surface area contributed by atoms with Gasteiger partial charge in [0.25, 0.3) is 0 Å². The van der Waals surface area contributed by atoms with E-state index < -0.39 is 17.7 Å². The van der Waals surface area contributed by atoms with Gasteiger partial charge in [0.1, 0.15) is 11.3 Å². The zero-order valence-corrected chi connectivity index (χ0v) is 12.6. The van der Waals surface area contributed by atoms with Crippen LogP contribution in [0, 0.1) is 13.8 Å². The molecule has 1 aromatic heterocycles. The highest BCUT2D eigenvalue weighted by Crippen LogP contribution is 2.28. The highest BCUT2D eigenvalue weighted by molar-refractivity contribution is 5.85. The van der Waals surface area contributed by atoms with Gasteiger partial charge in [0.15, 0.2) is 6.10 Å². The molecule has 112 valence electrons. The molecular formula is C16H18O5. The first-order chi connectivity index (χ1) is 9.93. The minimum Gasteiger partial charge on any atom is -0.479 e. The van der Waals surface area contributed by atoms with E-state index in [0.717, 1.165) is 10.9 Å². The van der Waals surface area contributed by atoms with Crippen molar-refractivity contribution in [1.82, 2.24) is 0 Å². The topological polar surface area (TPSA) is 65.7 Å². The molecule has 0 aliphatic heterocycles. The Bertz CT molecular complexity index is 729. The third-order valence-corrected chi connectivity index (χ3v) is 3.24. The van der Waals surface area contributed by atoms with Crippen molar-refractivity contribution < 1.29 is 18.7 Å². The Morgan fingerprint density at radius 1 is 1.33 bits per heavy atom. The molecule has 1 aromatic carbocycles. The summed E-state index contributed by atoms with van der Waals surface area (Å²) < 4.78 is 15.8. The number of hydrogen-bond acceptors (Lipinski definition) is 5. The fourth-order valence-corrected chi connectivity index (χ4v) is 2.13. The molecule has 21 heavy (non-hydrogen) atoms. The number of benzene rings is 1. The largest absolute Gasteiger partial charge is 0.479 e. The van der Waals surface area contributed by atoms with Crippen LogP contribution in [0.3, 0.4) is 0 Å². The maximum Gasteiger partial charge on any atom is 0.347 e. The van der Waals surface area contributed by atoms with Gasteiger partial charge in [-0.05, 0) is 45.4 Å². The predicted molar refractivity (Wildman–Crippen MR) is 78.7 cm³/mol. The third kappa shape index (κ3) is 3.07. The van der Waals surface area contributed by atoms with E-state index in [1.165, 1.54) is 6.07 Å². The van der Waals surface area contributed by atoms with Gasteiger partial charge in [-0.2, -0.15) is 0 Å². The maximum absolute atomic E-state index is 11.6. The summed E-state index contributed by atoms with van der Waals surface area (Å²) in [6.45, 7) is 7.30. The van der Waals surface area contributed by atoms with Gasteiger partial charge >= 0.3 is 11.6 Å². The monoisotopic (exact) mass is 290 g/mol. The van der Waals surface area contributed by atoms with Crippen molar-refractivity contribution in [3.05, 3.63) is 39.7 Å². The van der Waals surface area contributed by atoms with E-state index in [0.29, 0.717) is 23.5 Å². The second-order valence-electron chi connectivity index (χ2n) is 4.83. The van der Waals surface area contributed by atoms with Crippen LogP contribution in [0.15, 0.2) is 27.4 Å². The van der Waals surface area contributed by atoms with Crippen molar-refractivity contribution >= 4 is 16.9 Å². The van der Waals surface area contributed by atoms with Gasteiger partial charge in [-0.1, -0.05) is 0 Å². The molecule has 0 saturated carbocycles. The van der Waals surface area contributed by atoms with Crippen LogP contribution in [0.1, 0.15) is 25.0 Å². The second-order valence-corrected chi connectivity index (χ2v) is 4.83. The molecule has 5 nitrogen and oxygen atoms in total. The van der Waals surface area contributed by atoms with Crippen molar-refractivity contribution in [2.75, 3.05) is 6.61 Å². The molecule has 5 heteroatoms. The van der Waals surface area contributed by atoms with Crippen molar-refractivity contribution in [3.8, 4) is 5.75 Å². The highest BCUT2D eigenvalue weighted by atomic mass is 16.6. The molecular weight excluding hydrogens is 272 g/mol. The third-order valence-electron chi connectivity index (χ3n) is 3.24. The number of esters is 1. The molecule has 2 aromatic rings. The number of carbonyl (C=O) groups is 1. The summed E-state index contributed by atoms with van der Waals surface area (Å²) in [5, 5.41) is 0.850. The molecule has 1 heterocycles. The maximum atomic E-state index is 11.6. The first-order valence-electron chi connectivity index (χ1n) is 6.81. The smallest absolute Gasteiger partial charge is 0.347 e. The van der Waals surface area contributed by atoms with E-state index in [1.54, 1.807) is 26.8 Å². The molecule has 1 unspecified atom stereocenters. The fraction of sp³-hybridized carbons (Fsp3) is 0.375. The Balaban J connectivity index is 2.40. The molecule has 0 radical (unpaired) electrons. The van der Waals surface area contributed by atoms with Gasteiger partial charge in [-0.25, -0.2) is 9.59 Å². The van der Waals surface area contributed by atoms with Gasteiger partial charge < -0.3 is 13.9 Å². The molecule has 0 fully saturated rings. The first kappa shape index (κ1) is 15.1. The van der Waals surface area contributed by atoms with E-state index in [1.807, 2.05) is 13.0 Å². The predicted octanol–water partition coefficient (Wildman–Crippen LogP) is 2.74. The van der Waals surface area contributed by atoms with Crippen LogP contribution in [0.5, 0.6) is 5.75 Å². The summed E-state index contributed by atoms with van der Waals surface area (Å²) >= 11 is 0. The molecule has 0 aliphatic carbocycles. The first-order valence-corrected chi connectivity index (χ1v) is 6.81. The van der Waals surface area contributed by atoms with Crippen LogP contribution in [-0.2, 0) is 9.53 Å². The quantitative estimate of drug-likeness (QED) is 0.640. The van der Waals surface area contributed by atoms with Gasteiger partial charge in [-0.3, -0.25) is 0 Å². The van der Waals surface area contributed by atoms with Gasteiger partial charge in [0, 0.05) is 17.0 Å². The minimum atomic E-state index is -0.724. The van der Waals surface area contributed by atoms with Gasteiger partial charge in [0.2, 0.25) is 0 Å². The average Bonchev–Trinajstić information content (AvgIpc) is 2.42. The van der Waals surface area contributed by atoms with E-state index in [2.05, 4.69) is 0 Å². The van der Waals surface area contributed by atoms with Crippen molar-refractivity contribution in [1.29, 1.82) is 0 Å². The average molecular weight is 290 g/mol. The molecule has 0 bridgehead atoms. The SMILES string of the molecule is CCOC(=O)C(C)Oc1ccc2c(C)cc(=O)oc2c1C. The molecule has 0 saturated heterocycles. The zero-order valence-electron chi connectivity index (χ0n) is 12.6. The van der Waals surface area contributed by atoms with Crippen LogP contribution in [0.2, 0.25) is 0 Å². The Labute approximate surface area is 122 Å². The number of rotatable bonds is 4. The standard InChI is InChI=1S/C16H18O5/c1-5-19-16(18)11(4)20-13-7-6-12-9(2)8-14(17)21-15(12)10(13)3/h6-8,11H,5H2,1-4H3. The number of fused-ring (bicyclic) bond motifs is 1. The molecule has 0 aliphatic rings. The number of hydrogen-bond donors (Lipinski definition) is 0. The number of ether oxygens (including phenoxy) is 2. The molecule has 2 rings (SSSR count). The Kier molecular flexibility index (Phi) is 4.31. The second kappa shape index (κ2) is 5.99. The summed E-state index contributed by atoms with van der Waals surface area (Å²) in [5.41, 5.74) is 1.60. The number of aryl methyl sites for hydroxylation is 2. The summed E-state index contributed by atoms with van der Waals surface area (Å²) in [6.07, 6.45) is -0.724. The van der Waals surface area contributed by atoms with Crippen molar-refractivity contribution in [3.63, 3.8) is 0 Å². The summed E-state index contributed by atoms with van der Waals surface area (Å²) in [4.78, 5) is 23.1. The van der Waals surface area contributed by atoms with Gasteiger partial charge in [-0.15, -0.1) is 0 Å². The summed E-state index contributed by atoms with van der Waals surface area (Å²) in [6, 6.07) is 5.03. The van der Waals surface area contributed by atoms with E-state index in [-0.39, 0.29) is 0 Å². The normalized spacial score (nSPS) is 12.2. The van der Waals surface area contributed by atoms with Crippen LogP contribution in [-0.4, -0.2) is 18.7 Å². The molecule has 0 spiro atoms. The van der Waals surface area contributed by atoms with E-state index >= 15 is 0 Å². The lowest BCUT2D eigenvalue weighted by atomic mass is 10.1. The lowest BCUT2D eigenvalue weighted by Crippen LogP contribution is -2.26. The number of carbonyl (C=O) groups excluding carboxylic acids is 1. The zero-order chi connectivity index (χ0) is 15.6. The summed E-state index contributed by atoms with van der Waals surface area (Å²) in [7, 11) is 0. The Hall–Kier alpha value is -2.30. The van der Waals surface area contributed by atoms with Crippen LogP contribution < -0.4 is 10.4 Å². The molecule has 0 N–H and O–H groups in total. The van der Waals surface area contributed by atoms with E-state index in [4.69, 9.17) is 13.9 Å². The van der Waals surface area contributed by atoms with Crippen molar-refractivity contribution in [2.24, 2.45) is 0 Å². The lowest BCUT2D eigenvalue weighted by molar-refractivity contribution is -0.150. The van der Waals surface area contributed by atoms with Gasteiger partial charge in [0.05, 0.1) is 6.61 Å². The summed E-state index contributed by atoms with van der Waals surface area (Å²) in [5.74, 6) is 0.0690. The van der Waals surface area contributed by atoms with Crippen LogP contribution in [0.4, 0.5) is 0 Å². The fourth-order valence-electron chi connectivity index (χ4n) is 2.13. The van der Waals surface area contributed by atoms with Crippen LogP contribution >= 0.6 is 0 Å². The Morgan fingerprint density at radius 3 is 2.71 bits per heavy atom. The van der Waals surface area contributed by atoms with Crippen LogP contribution in [0.25, 0.3) is 11.0 Å². The minimum absolute atomic E-state index is 0.303.